The van der Waals surface area contributed by atoms with E-state index in [1.807, 2.05) is 0 Å². The van der Waals surface area contributed by atoms with Gasteiger partial charge < -0.3 is 10.4 Å². The van der Waals surface area contributed by atoms with Crippen molar-refractivity contribution >= 4 is 11.8 Å². The number of carboxylic acid groups (broad SMARTS) is 1. The first-order valence-electron chi connectivity index (χ1n) is 5.84. The second kappa shape index (κ2) is 5.27. The van der Waals surface area contributed by atoms with Crippen molar-refractivity contribution < 1.29 is 19.1 Å². The first-order valence-corrected chi connectivity index (χ1v) is 5.84. The Bertz CT molecular complexity index is 454. The van der Waals surface area contributed by atoms with Crippen LogP contribution in [0.25, 0.3) is 0 Å². The molecule has 0 aromatic heterocycles. The fourth-order valence-corrected chi connectivity index (χ4v) is 1.75. The number of halogens is 1. The fourth-order valence-electron chi connectivity index (χ4n) is 1.75. The maximum Gasteiger partial charge on any atom is 0.305 e. The molecule has 0 amide bonds. The standard InChI is InChI=1S/C13H14FNO3/c14-9-3-1-8(2-4-9)13(18)11(7-12(16)17)15-10-5-6-10/h1-4,10-11,15H,5-7H2,(H,16,17). The summed E-state index contributed by atoms with van der Waals surface area (Å²) in [5.74, 6) is -1.75. The molecule has 1 unspecified atom stereocenters. The van der Waals surface area contributed by atoms with Gasteiger partial charge in [0, 0.05) is 11.6 Å². The molecule has 1 saturated carbocycles. The first kappa shape index (κ1) is 12.7. The largest absolute Gasteiger partial charge is 0.481 e. The molecular weight excluding hydrogens is 237 g/mol. The van der Waals surface area contributed by atoms with Crippen LogP contribution in [0.4, 0.5) is 4.39 Å². The van der Waals surface area contributed by atoms with E-state index in [9.17, 15) is 14.0 Å². The van der Waals surface area contributed by atoms with Gasteiger partial charge in [-0.25, -0.2) is 4.39 Å². The molecule has 1 aromatic carbocycles. The highest BCUT2D eigenvalue weighted by molar-refractivity contribution is 6.01. The minimum absolute atomic E-state index is 0.235. The number of carbonyl (C=O) groups is 2. The van der Waals surface area contributed by atoms with Crippen LogP contribution in [0.1, 0.15) is 29.6 Å². The van der Waals surface area contributed by atoms with E-state index < -0.39 is 17.8 Å². The lowest BCUT2D eigenvalue weighted by molar-refractivity contribution is -0.137. The zero-order valence-electron chi connectivity index (χ0n) is 9.73. The lowest BCUT2D eigenvalue weighted by atomic mass is 10.0. The van der Waals surface area contributed by atoms with Gasteiger partial charge in [0.1, 0.15) is 5.82 Å². The summed E-state index contributed by atoms with van der Waals surface area (Å²) in [5.41, 5.74) is 0.329. The summed E-state index contributed by atoms with van der Waals surface area (Å²) in [6, 6.07) is 4.64. The van der Waals surface area contributed by atoms with E-state index in [1.165, 1.54) is 24.3 Å². The number of rotatable bonds is 6. The Labute approximate surface area is 104 Å². The van der Waals surface area contributed by atoms with Gasteiger partial charge in [-0.2, -0.15) is 0 Å². The van der Waals surface area contributed by atoms with Gasteiger partial charge >= 0.3 is 5.97 Å². The fraction of sp³-hybridized carbons (Fsp3) is 0.385. The van der Waals surface area contributed by atoms with Crippen molar-refractivity contribution in [3.63, 3.8) is 0 Å². The van der Waals surface area contributed by atoms with Gasteiger partial charge in [0.2, 0.25) is 0 Å². The molecule has 0 radical (unpaired) electrons. The van der Waals surface area contributed by atoms with E-state index in [0.29, 0.717) is 5.56 Å². The third-order valence-corrected chi connectivity index (χ3v) is 2.84. The molecule has 0 bridgehead atoms. The average molecular weight is 251 g/mol. The number of Topliss-reactive ketones (excluding diaryl/α,β-unsaturated/α-hetero) is 1. The van der Waals surface area contributed by atoms with E-state index in [1.54, 1.807) is 0 Å². The molecule has 96 valence electrons. The van der Waals surface area contributed by atoms with Crippen molar-refractivity contribution in [2.75, 3.05) is 0 Å². The quantitative estimate of drug-likeness (QED) is 0.754. The molecule has 1 atom stereocenters. The van der Waals surface area contributed by atoms with Crippen LogP contribution in [-0.2, 0) is 4.79 Å². The van der Waals surface area contributed by atoms with E-state index >= 15 is 0 Å². The van der Waals surface area contributed by atoms with Crippen LogP contribution in [0.3, 0.4) is 0 Å². The number of hydrogen-bond donors (Lipinski definition) is 2. The van der Waals surface area contributed by atoms with Gasteiger partial charge in [-0.3, -0.25) is 9.59 Å². The van der Waals surface area contributed by atoms with Crippen molar-refractivity contribution in [3.05, 3.63) is 35.6 Å². The normalized spacial score (nSPS) is 16.3. The highest BCUT2D eigenvalue weighted by Crippen LogP contribution is 2.21. The summed E-state index contributed by atoms with van der Waals surface area (Å²) in [6.45, 7) is 0. The van der Waals surface area contributed by atoms with Crippen LogP contribution in [0.2, 0.25) is 0 Å². The second-order valence-corrected chi connectivity index (χ2v) is 4.46. The predicted octanol–water partition coefficient (Wildman–Crippen LogP) is 1.60. The van der Waals surface area contributed by atoms with Crippen LogP contribution >= 0.6 is 0 Å². The summed E-state index contributed by atoms with van der Waals surface area (Å²) in [5, 5.41) is 11.8. The molecule has 1 fully saturated rings. The minimum atomic E-state index is -1.02. The summed E-state index contributed by atoms with van der Waals surface area (Å²) in [4.78, 5) is 22.9. The van der Waals surface area contributed by atoms with Crippen LogP contribution in [0.5, 0.6) is 0 Å². The summed E-state index contributed by atoms with van der Waals surface area (Å²) in [6.07, 6.45) is 1.67. The number of carboxylic acids is 1. The van der Waals surface area contributed by atoms with E-state index in [4.69, 9.17) is 5.11 Å². The van der Waals surface area contributed by atoms with Gasteiger partial charge in [0.25, 0.3) is 0 Å². The molecule has 1 aliphatic rings. The van der Waals surface area contributed by atoms with Crippen LogP contribution in [0.15, 0.2) is 24.3 Å². The van der Waals surface area contributed by atoms with Crippen molar-refractivity contribution in [1.29, 1.82) is 0 Å². The Balaban J connectivity index is 2.10. The number of hydrogen-bond acceptors (Lipinski definition) is 3. The average Bonchev–Trinajstić information content (AvgIpc) is 3.12. The van der Waals surface area contributed by atoms with Crippen molar-refractivity contribution in [1.82, 2.24) is 5.32 Å². The molecule has 0 spiro atoms. The monoisotopic (exact) mass is 251 g/mol. The molecule has 18 heavy (non-hydrogen) atoms. The highest BCUT2D eigenvalue weighted by atomic mass is 19.1. The summed E-state index contributed by atoms with van der Waals surface area (Å²) < 4.78 is 12.8. The van der Waals surface area contributed by atoms with Crippen molar-refractivity contribution in [2.24, 2.45) is 0 Å². The molecule has 5 heteroatoms. The molecule has 0 heterocycles. The maximum absolute atomic E-state index is 12.8. The lowest BCUT2D eigenvalue weighted by Crippen LogP contribution is -2.40. The van der Waals surface area contributed by atoms with Crippen LogP contribution in [0, 0.1) is 5.82 Å². The van der Waals surface area contributed by atoms with E-state index in [0.717, 1.165) is 12.8 Å². The zero-order valence-corrected chi connectivity index (χ0v) is 9.73. The summed E-state index contributed by atoms with van der Waals surface area (Å²) in [7, 11) is 0. The number of benzene rings is 1. The Hall–Kier alpha value is -1.75. The summed E-state index contributed by atoms with van der Waals surface area (Å²) >= 11 is 0. The van der Waals surface area contributed by atoms with Crippen molar-refractivity contribution in [2.45, 2.75) is 31.3 Å². The Kier molecular flexibility index (Phi) is 3.72. The third-order valence-electron chi connectivity index (χ3n) is 2.84. The first-order chi connectivity index (χ1) is 8.56. The van der Waals surface area contributed by atoms with Crippen LogP contribution in [-0.4, -0.2) is 28.9 Å². The number of nitrogens with one attached hydrogen (secondary N) is 1. The molecule has 0 saturated heterocycles. The number of aliphatic carboxylic acids is 1. The molecule has 2 N–H and O–H groups in total. The van der Waals surface area contributed by atoms with Gasteiger partial charge in [-0.15, -0.1) is 0 Å². The van der Waals surface area contributed by atoms with Gasteiger partial charge in [-0.05, 0) is 37.1 Å². The maximum atomic E-state index is 12.8. The number of ketones is 1. The Morgan fingerprint density at radius 2 is 1.94 bits per heavy atom. The zero-order chi connectivity index (χ0) is 13.1. The number of carbonyl (C=O) groups excluding carboxylic acids is 1. The van der Waals surface area contributed by atoms with Gasteiger partial charge in [0.05, 0.1) is 12.5 Å². The molecule has 4 nitrogen and oxygen atoms in total. The Morgan fingerprint density at radius 1 is 1.33 bits per heavy atom. The van der Waals surface area contributed by atoms with E-state index in [-0.39, 0.29) is 18.2 Å². The smallest absolute Gasteiger partial charge is 0.305 e. The molecule has 2 rings (SSSR count). The topological polar surface area (TPSA) is 66.4 Å². The van der Waals surface area contributed by atoms with Gasteiger partial charge in [0.15, 0.2) is 5.78 Å². The molecular formula is C13H14FNO3. The second-order valence-electron chi connectivity index (χ2n) is 4.46. The molecule has 1 aromatic rings. The predicted molar refractivity (Wildman–Crippen MR) is 62.9 cm³/mol. The third kappa shape index (κ3) is 3.37. The van der Waals surface area contributed by atoms with E-state index in [2.05, 4.69) is 5.32 Å². The lowest BCUT2D eigenvalue weighted by Gasteiger charge is -2.15. The van der Waals surface area contributed by atoms with Crippen molar-refractivity contribution in [3.8, 4) is 0 Å². The highest BCUT2D eigenvalue weighted by Gasteiger charge is 2.30. The van der Waals surface area contributed by atoms with Gasteiger partial charge in [-0.1, -0.05) is 0 Å². The molecule has 1 aliphatic carbocycles. The molecule has 0 aliphatic heterocycles. The minimum Gasteiger partial charge on any atom is -0.481 e. The van der Waals surface area contributed by atoms with Crippen LogP contribution < -0.4 is 5.32 Å². The Morgan fingerprint density at radius 3 is 2.44 bits per heavy atom. The SMILES string of the molecule is O=C(O)CC(NC1CC1)C(=O)c1ccc(F)cc1.